The predicted molar refractivity (Wildman–Crippen MR) is 75.2 cm³/mol. The van der Waals surface area contributed by atoms with Crippen molar-refractivity contribution < 1.29 is 18.1 Å². The first-order valence-electron chi connectivity index (χ1n) is 6.63. The molecule has 0 fully saturated rings. The van der Waals surface area contributed by atoms with Gasteiger partial charge in [-0.2, -0.15) is 8.42 Å². The van der Waals surface area contributed by atoms with Crippen LogP contribution in [0.25, 0.3) is 0 Å². The molecule has 6 heteroatoms. The Kier molecular flexibility index (Phi) is 15.2. The summed E-state index contributed by atoms with van der Waals surface area (Å²) in [4.78, 5) is 0. The van der Waals surface area contributed by atoms with Crippen molar-refractivity contribution in [2.45, 2.75) is 76.6 Å². The molecule has 0 saturated heterocycles. The van der Waals surface area contributed by atoms with Crippen LogP contribution in [0.5, 0.6) is 0 Å². The number of hydrogen-bond donors (Lipinski definition) is 2. The van der Waals surface area contributed by atoms with E-state index in [1.54, 1.807) is 0 Å². The summed E-state index contributed by atoms with van der Waals surface area (Å²) in [5.41, 5.74) is -1.60. The summed E-state index contributed by atoms with van der Waals surface area (Å²) < 4.78 is 29.5. The maximum Gasteiger partial charge on any atom is 0.291 e. The molecule has 0 aromatic carbocycles. The predicted octanol–water partition coefficient (Wildman–Crippen LogP) is 2.73. The van der Waals surface area contributed by atoms with Gasteiger partial charge < -0.3 is 5.11 Å². The van der Waals surface area contributed by atoms with Crippen LogP contribution in [0.1, 0.15) is 71.1 Å². The second-order valence-electron chi connectivity index (χ2n) is 4.59. The Hall–Kier alpha value is 0.870. The van der Waals surface area contributed by atoms with Crippen LogP contribution in [0.15, 0.2) is 0 Å². The molecular weight excluding hydrogens is 263 g/mol. The number of rotatable bonds is 11. The normalized spacial score (nSPS) is 13.1. The summed E-state index contributed by atoms with van der Waals surface area (Å²) in [7, 11) is -4.25. The van der Waals surface area contributed by atoms with E-state index < -0.39 is 15.6 Å². The van der Waals surface area contributed by atoms with Crippen molar-refractivity contribution in [2.24, 2.45) is 0 Å². The smallest absolute Gasteiger partial charge is 0.291 e. The Morgan fingerprint density at radius 2 is 1.28 bits per heavy atom. The first-order chi connectivity index (χ1) is 7.98. The fourth-order valence-electron chi connectivity index (χ4n) is 1.78. The Morgan fingerprint density at radius 3 is 1.67 bits per heavy atom. The third kappa shape index (κ3) is 13.3. The molecule has 0 heterocycles. The minimum atomic E-state index is -4.25. The molecule has 1 radical (unpaired) electrons. The van der Waals surface area contributed by atoms with Crippen LogP contribution < -0.4 is 0 Å². The number of aliphatic hydroxyl groups is 1. The van der Waals surface area contributed by atoms with Crippen molar-refractivity contribution in [2.75, 3.05) is 0 Å². The quantitative estimate of drug-likeness (QED) is 0.348. The summed E-state index contributed by atoms with van der Waals surface area (Å²) in [5.74, 6) is 0. The van der Waals surface area contributed by atoms with Crippen molar-refractivity contribution in [1.82, 2.24) is 0 Å². The van der Waals surface area contributed by atoms with Crippen molar-refractivity contribution in [3.8, 4) is 0 Å². The van der Waals surface area contributed by atoms with E-state index in [0.717, 1.165) is 12.8 Å². The van der Waals surface area contributed by atoms with E-state index in [9.17, 15) is 8.42 Å². The zero-order valence-corrected chi connectivity index (χ0v) is 14.6. The third-order valence-corrected chi connectivity index (χ3v) is 3.82. The monoisotopic (exact) mass is 289 g/mol. The summed E-state index contributed by atoms with van der Waals surface area (Å²) >= 11 is 0. The molecule has 1 atom stereocenters. The molecule has 0 bridgehead atoms. The maximum atomic E-state index is 10.5. The van der Waals surface area contributed by atoms with Gasteiger partial charge in [-0.25, -0.2) is 0 Å². The van der Waals surface area contributed by atoms with Crippen molar-refractivity contribution in [3.63, 3.8) is 0 Å². The van der Waals surface area contributed by atoms with E-state index in [4.69, 9.17) is 9.66 Å². The van der Waals surface area contributed by atoms with Crippen LogP contribution in [0.4, 0.5) is 0 Å². The topological polar surface area (TPSA) is 74.6 Å². The van der Waals surface area contributed by atoms with Gasteiger partial charge in [-0.05, 0) is 12.8 Å². The van der Waals surface area contributed by atoms with Gasteiger partial charge in [0.15, 0.2) is 5.44 Å². The fraction of sp³-hybridized carbons (Fsp3) is 1.00. The average molecular weight is 289 g/mol. The van der Waals surface area contributed by atoms with Crippen molar-refractivity contribution >= 4 is 39.7 Å². The molecular formula is C12H26NaO4S. The second-order valence-corrected chi connectivity index (χ2v) is 6.16. The SMILES string of the molecule is CCCCCCCCCCCC(O)S(=O)(=O)O.[Na]. The number of hydrogen-bond acceptors (Lipinski definition) is 3. The van der Waals surface area contributed by atoms with Crippen LogP contribution in [0, 0.1) is 0 Å². The van der Waals surface area contributed by atoms with Crippen LogP contribution in [-0.2, 0) is 10.1 Å². The van der Waals surface area contributed by atoms with Gasteiger partial charge in [0.1, 0.15) is 0 Å². The van der Waals surface area contributed by atoms with E-state index in [-0.39, 0.29) is 36.0 Å². The van der Waals surface area contributed by atoms with Crippen LogP contribution >= 0.6 is 0 Å². The van der Waals surface area contributed by atoms with E-state index in [0.29, 0.717) is 6.42 Å². The van der Waals surface area contributed by atoms with Gasteiger partial charge in [-0.1, -0.05) is 58.3 Å². The molecule has 0 spiro atoms. The Balaban J connectivity index is 0. The summed E-state index contributed by atoms with van der Waals surface area (Å²) in [6, 6.07) is 0. The van der Waals surface area contributed by atoms with E-state index in [2.05, 4.69) is 6.92 Å². The summed E-state index contributed by atoms with van der Waals surface area (Å²) in [5, 5.41) is 9.05. The molecule has 0 amide bonds. The number of unbranched alkanes of at least 4 members (excludes halogenated alkanes) is 8. The zero-order valence-electron chi connectivity index (χ0n) is 11.8. The molecule has 1 unspecified atom stereocenters. The molecule has 18 heavy (non-hydrogen) atoms. The van der Waals surface area contributed by atoms with Gasteiger partial charge >= 0.3 is 0 Å². The summed E-state index contributed by atoms with van der Waals surface area (Å²) in [6.45, 7) is 2.19. The molecule has 0 rings (SSSR count). The molecule has 2 N–H and O–H groups in total. The summed E-state index contributed by atoms with van der Waals surface area (Å²) in [6.07, 6.45) is 10.3. The maximum absolute atomic E-state index is 10.5. The first-order valence-corrected chi connectivity index (χ1v) is 8.13. The van der Waals surface area contributed by atoms with Gasteiger partial charge in [0.2, 0.25) is 0 Å². The molecule has 0 aliphatic carbocycles. The van der Waals surface area contributed by atoms with E-state index in [1.807, 2.05) is 0 Å². The van der Waals surface area contributed by atoms with Crippen LogP contribution in [0.3, 0.4) is 0 Å². The fourth-order valence-corrected chi connectivity index (χ4v) is 2.24. The largest absolute Gasteiger partial charge is 0.375 e. The van der Waals surface area contributed by atoms with Gasteiger partial charge in [-0.3, -0.25) is 4.55 Å². The average Bonchev–Trinajstić information content (AvgIpc) is 2.25. The standard InChI is InChI=1S/C12H26O4S.Na/c1-2-3-4-5-6-7-8-9-10-11-12(13)17(14,15)16;/h12-13H,2-11H2,1H3,(H,14,15,16);. The van der Waals surface area contributed by atoms with Gasteiger partial charge in [0.05, 0.1) is 0 Å². The second kappa shape index (κ2) is 12.9. The molecule has 0 aromatic heterocycles. The minimum absolute atomic E-state index is 0. The van der Waals surface area contributed by atoms with Crippen molar-refractivity contribution in [3.05, 3.63) is 0 Å². The van der Waals surface area contributed by atoms with E-state index in [1.165, 1.54) is 38.5 Å². The molecule has 105 valence electrons. The Labute approximate surface area is 134 Å². The third-order valence-electron chi connectivity index (χ3n) is 2.90. The molecule has 0 aliphatic rings. The Morgan fingerprint density at radius 1 is 0.889 bits per heavy atom. The van der Waals surface area contributed by atoms with Crippen molar-refractivity contribution in [1.29, 1.82) is 0 Å². The zero-order chi connectivity index (χ0) is 13.1. The van der Waals surface area contributed by atoms with Crippen LogP contribution in [0.2, 0.25) is 0 Å². The number of aliphatic hydroxyl groups excluding tert-OH is 1. The minimum Gasteiger partial charge on any atom is -0.375 e. The molecule has 0 saturated carbocycles. The van der Waals surface area contributed by atoms with E-state index >= 15 is 0 Å². The molecule has 0 aromatic rings. The van der Waals surface area contributed by atoms with Gasteiger partial charge in [0.25, 0.3) is 10.1 Å². The molecule has 0 aliphatic heterocycles. The van der Waals surface area contributed by atoms with Crippen LogP contribution in [-0.4, -0.2) is 53.1 Å². The van der Waals surface area contributed by atoms with Gasteiger partial charge in [-0.15, -0.1) is 0 Å². The Bertz CT molecular complexity index is 267. The van der Waals surface area contributed by atoms with Gasteiger partial charge in [0, 0.05) is 29.6 Å². The molecule has 4 nitrogen and oxygen atoms in total. The first kappa shape index (κ1) is 21.2.